The predicted octanol–water partition coefficient (Wildman–Crippen LogP) is 0.722. The number of nitrogen functional groups attached to an aromatic ring is 1. The standard InChI is InChI=1S/C13H15FN2O4/c1-20-8-5-11(13(18)19)16(6-8)12(17)9-3-2-7(15)4-10(9)14/h2-4,8,11H,5-6,15H2,1H3,(H,18,19). The topological polar surface area (TPSA) is 92.9 Å². The molecule has 1 aliphatic heterocycles. The fourth-order valence-electron chi connectivity index (χ4n) is 2.29. The summed E-state index contributed by atoms with van der Waals surface area (Å²) in [6.07, 6.45) is -0.175. The number of hydrogen-bond acceptors (Lipinski definition) is 4. The summed E-state index contributed by atoms with van der Waals surface area (Å²) in [6.45, 7) is 0.121. The molecule has 7 heteroatoms. The number of benzene rings is 1. The first-order chi connectivity index (χ1) is 9.43. The molecule has 1 aromatic rings. The molecule has 2 atom stereocenters. The number of likely N-dealkylation sites (tertiary alicyclic amines) is 1. The van der Waals surface area contributed by atoms with E-state index in [2.05, 4.69) is 0 Å². The van der Waals surface area contributed by atoms with Crippen LogP contribution in [0.2, 0.25) is 0 Å². The van der Waals surface area contributed by atoms with E-state index >= 15 is 0 Å². The van der Waals surface area contributed by atoms with Crippen molar-refractivity contribution in [2.24, 2.45) is 0 Å². The van der Waals surface area contributed by atoms with Crippen molar-refractivity contribution in [3.63, 3.8) is 0 Å². The molecule has 1 aliphatic rings. The van der Waals surface area contributed by atoms with E-state index in [9.17, 15) is 14.0 Å². The highest BCUT2D eigenvalue weighted by Gasteiger charge is 2.40. The van der Waals surface area contributed by atoms with Crippen LogP contribution in [0.15, 0.2) is 18.2 Å². The number of ether oxygens (including phenoxy) is 1. The Hall–Kier alpha value is -2.15. The minimum Gasteiger partial charge on any atom is -0.480 e. The van der Waals surface area contributed by atoms with Gasteiger partial charge in [0.1, 0.15) is 11.9 Å². The first kappa shape index (κ1) is 14.3. The lowest BCUT2D eigenvalue weighted by Crippen LogP contribution is -2.41. The van der Waals surface area contributed by atoms with E-state index in [-0.39, 0.29) is 30.3 Å². The summed E-state index contributed by atoms with van der Waals surface area (Å²) < 4.78 is 18.8. The number of anilines is 1. The van der Waals surface area contributed by atoms with Crippen molar-refractivity contribution in [2.75, 3.05) is 19.4 Å². The molecule has 0 aromatic heterocycles. The molecule has 1 fully saturated rings. The number of nitrogens with two attached hydrogens (primary N) is 1. The maximum absolute atomic E-state index is 13.8. The molecule has 1 heterocycles. The van der Waals surface area contributed by atoms with E-state index < -0.39 is 23.7 Å². The van der Waals surface area contributed by atoms with Gasteiger partial charge in [0.15, 0.2) is 0 Å². The number of methoxy groups -OCH3 is 1. The number of rotatable bonds is 3. The molecule has 1 amide bonds. The molecule has 0 bridgehead atoms. The molecule has 108 valence electrons. The highest BCUT2D eigenvalue weighted by atomic mass is 19.1. The van der Waals surface area contributed by atoms with Crippen LogP contribution in [0.1, 0.15) is 16.8 Å². The second kappa shape index (κ2) is 5.46. The van der Waals surface area contributed by atoms with Crippen molar-refractivity contribution < 1.29 is 23.8 Å². The molecule has 0 radical (unpaired) electrons. The number of carboxylic acid groups (broad SMARTS) is 1. The minimum atomic E-state index is -1.13. The minimum absolute atomic E-state index is 0.121. The van der Waals surface area contributed by atoms with Crippen LogP contribution in [-0.2, 0) is 9.53 Å². The Morgan fingerprint density at radius 2 is 2.20 bits per heavy atom. The van der Waals surface area contributed by atoms with Gasteiger partial charge < -0.3 is 20.5 Å². The van der Waals surface area contributed by atoms with Gasteiger partial charge in [-0.2, -0.15) is 0 Å². The maximum Gasteiger partial charge on any atom is 0.326 e. The summed E-state index contributed by atoms with van der Waals surface area (Å²) in [4.78, 5) is 24.6. The van der Waals surface area contributed by atoms with Crippen molar-refractivity contribution in [3.8, 4) is 0 Å². The Morgan fingerprint density at radius 1 is 1.50 bits per heavy atom. The monoisotopic (exact) mass is 282 g/mol. The van der Waals surface area contributed by atoms with Crippen LogP contribution in [0.5, 0.6) is 0 Å². The molecular formula is C13H15FN2O4. The van der Waals surface area contributed by atoms with Gasteiger partial charge in [-0.25, -0.2) is 9.18 Å². The summed E-state index contributed by atoms with van der Waals surface area (Å²) in [5.41, 5.74) is 5.43. The summed E-state index contributed by atoms with van der Waals surface area (Å²) in [5, 5.41) is 9.14. The zero-order chi connectivity index (χ0) is 14.9. The van der Waals surface area contributed by atoms with Crippen LogP contribution < -0.4 is 5.73 Å². The van der Waals surface area contributed by atoms with Gasteiger partial charge >= 0.3 is 5.97 Å². The molecule has 6 nitrogen and oxygen atoms in total. The van der Waals surface area contributed by atoms with Gasteiger partial charge in [0.25, 0.3) is 5.91 Å². The Morgan fingerprint density at radius 3 is 2.75 bits per heavy atom. The van der Waals surface area contributed by atoms with Crippen LogP contribution >= 0.6 is 0 Å². The fraction of sp³-hybridized carbons (Fsp3) is 0.385. The maximum atomic E-state index is 13.8. The van der Waals surface area contributed by atoms with Gasteiger partial charge in [-0.05, 0) is 18.2 Å². The van der Waals surface area contributed by atoms with Gasteiger partial charge in [0.05, 0.1) is 11.7 Å². The first-order valence-corrected chi connectivity index (χ1v) is 6.05. The Labute approximate surface area is 114 Å². The molecule has 0 saturated carbocycles. The van der Waals surface area contributed by atoms with Gasteiger partial charge in [-0.15, -0.1) is 0 Å². The third-order valence-corrected chi connectivity index (χ3v) is 3.37. The highest BCUT2D eigenvalue weighted by molar-refractivity contribution is 5.97. The number of carboxylic acids is 1. The van der Waals surface area contributed by atoms with Gasteiger partial charge in [0, 0.05) is 25.8 Å². The van der Waals surface area contributed by atoms with Crippen LogP contribution in [0.25, 0.3) is 0 Å². The van der Waals surface area contributed by atoms with E-state index in [0.717, 1.165) is 11.0 Å². The largest absolute Gasteiger partial charge is 0.480 e. The molecule has 3 N–H and O–H groups in total. The van der Waals surface area contributed by atoms with Crippen LogP contribution in [0, 0.1) is 5.82 Å². The van der Waals surface area contributed by atoms with Crippen molar-refractivity contribution in [3.05, 3.63) is 29.6 Å². The number of aliphatic carboxylic acids is 1. The van der Waals surface area contributed by atoms with Gasteiger partial charge in [-0.1, -0.05) is 0 Å². The molecule has 1 aromatic carbocycles. The third kappa shape index (κ3) is 2.57. The van der Waals surface area contributed by atoms with Gasteiger partial charge in [-0.3, -0.25) is 4.79 Å². The fourth-order valence-corrected chi connectivity index (χ4v) is 2.29. The smallest absolute Gasteiger partial charge is 0.326 e. The van der Waals surface area contributed by atoms with Crippen LogP contribution in [0.4, 0.5) is 10.1 Å². The summed E-state index contributed by atoms with van der Waals surface area (Å²) in [7, 11) is 1.45. The number of hydrogen-bond donors (Lipinski definition) is 2. The van der Waals surface area contributed by atoms with E-state index in [1.807, 2.05) is 0 Å². The lowest BCUT2D eigenvalue weighted by molar-refractivity contribution is -0.141. The quantitative estimate of drug-likeness (QED) is 0.797. The summed E-state index contributed by atoms with van der Waals surface area (Å²) in [6, 6.07) is 2.68. The highest BCUT2D eigenvalue weighted by Crippen LogP contribution is 2.24. The number of amides is 1. The zero-order valence-electron chi connectivity index (χ0n) is 10.9. The zero-order valence-corrected chi connectivity index (χ0v) is 10.9. The molecule has 0 spiro atoms. The SMILES string of the molecule is COC1CC(C(=O)O)N(C(=O)c2ccc(N)cc2F)C1. The average molecular weight is 282 g/mol. The number of carbonyl (C=O) groups excluding carboxylic acids is 1. The Balaban J connectivity index is 2.29. The van der Waals surface area contributed by atoms with E-state index in [4.69, 9.17) is 15.6 Å². The lowest BCUT2D eigenvalue weighted by atomic mass is 10.1. The first-order valence-electron chi connectivity index (χ1n) is 6.05. The molecule has 2 rings (SSSR count). The predicted molar refractivity (Wildman–Crippen MR) is 68.7 cm³/mol. The van der Waals surface area contributed by atoms with Gasteiger partial charge in [0.2, 0.25) is 0 Å². The second-order valence-corrected chi connectivity index (χ2v) is 4.64. The normalized spacial score (nSPS) is 22.0. The summed E-state index contributed by atoms with van der Waals surface area (Å²) >= 11 is 0. The molecule has 20 heavy (non-hydrogen) atoms. The van der Waals surface area contributed by atoms with Crippen molar-refractivity contribution in [1.29, 1.82) is 0 Å². The van der Waals surface area contributed by atoms with Crippen LogP contribution in [-0.4, -0.2) is 47.7 Å². The molecule has 0 aliphatic carbocycles. The van der Waals surface area contributed by atoms with E-state index in [1.165, 1.54) is 19.2 Å². The van der Waals surface area contributed by atoms with E-state index in [0.29, 0.717) is 0 Å². The number of nitrogens with zero attached hydrogens (tertiary/aromatic N) is 1. The van der Waals surface area contributed by atoms with Crippen molar-refractivity contribution in [2.45, 2.75) is 18.6 Å². The molecule has 2 unspecified atom stereocenters. The van der Waals surface area contributed by atoms with Crippen LogP contribution in [0.3, 0.4) is 0 Å². The Bertz CT molecular complexity index is 549. The molecule has 1 saturated heterocycles. The van der Waals surface area contributed by atoms with Crippen molar-refractivity contribution >= 4 is 17.6 Å². The third-order valence-electron chi connectivity index (χ3n) is 3.37. The van der Waals surface area contributed by atoms with Crippen molar-refractivity contribution in [1.82, 2.24) is 4.90 Å². The summed E-state index contributed by atoms with van der Waals surface area (Å²) in [5.74, 6) is -2.57. The van der Waals surface area contributed by atoms with E-state index in [1.54, 1.807) is 0 Å². The Kier molecular flexibility index (Phi) is 3.89. The lowest BCUT2D eigenvalue weighted by Gasteiger charge is -2.21. The number of halogens is 1. The number of carbonyl (C=O) groups is 2. The molecular weight excluding hydrogens is 267 g/mol. The second-order valence-electron chi connectivity index (χ2n) is 4.64. The average Bonchev–Trinajstić information content (AvgIpc) is 2.82.